The van der Waals surface area contributed by atoms with Crippen molar-refractivity contribution in [3.63, 3.8) is 0 Å². The summed E-state index contributed by atoms with van der Waals surface area (Å²) in [6.45, 7) is 0. The van der Waals surface area contributed by atoms with E-state index in [4.69, 9.17) is 5.11 Å². The molecule has 3 nitrogen and oxygen atoms in total. The minimum Gasteiger partial charge on any atom is -0.481 e. The van der Waals surface area contributed by atoms with E-state index in [2.05, 4.69) is 4.98 Å². The van der Waals surface area contributed by atoms with Gasteiger partial charge in [-0.15, -0.1) is 0 Å². The SMILES string of the molecule is O=C(O)C1CCCC1Cc1cccnc1. The lowest BCUT2D eigenvalue weighted by atomic mass is 9.90. The van der Waals surface area contributed by atoms with Gasteiger partial charge in [-0.3, -0.25) is 9.78 Å². The first-order valence-corrected chi connectivity index (χ1v) is 5.39. The number of aliphatic carboxylic acids is 1. The lowest BCUT2D eigenvalue weighted by molar-refractivity contribution is -0.142. The third kappa shape index (κ3) is 2.35. The molecule has 2 unspecified atom stereocenters. The Morgan fingerprint density at radius 3 is 3.07 bits per heavy atom. The molecule has 1 saturated carbocycles. The molecule has 1 aliphatic rings. The van der Waals surface area contributed by atoms with Gasteiger partial charge in [0.05, 0.1) is 5.92 Å². The summed E-state index contributed by atoms with van der Waals surface area (Å²) in [5, 5.41) is 9.05. The van der Waals surface area contributed by atoms with Gasteiger partial charge in [-0.05, 0) is 36.8 Å². The van der Waals surface area contributed by atoms with Crippen LogP contribution in [0.25, 0.3) is 0 Å². The van der Waals surface area contributed by atoms with E-state index >= 15 is 0 Å². The number of hydrogen-bond donors (Lipinski definition) is 1. The smallest absolute Gasteiger partial charge is 0.306 e. The molecule has 0 bridgehead atoms. The zero-order valence-corrected chi connectivity index (χ0v) is 8.60. The molecule has 0 amide bonds. The second-order valence-electron chi connectivity index (χ2n) is 4.20. The van der Waals surface area contributed by atoms with Gasteiger partial charge in [-0.2, -0.15) is 0 Å². The average Bonchev–Trinajstić information content (AvgIpc) is 2.67. The summed E-state index contributed by atoms with van der Waals surface area (Å²) in [6.07, 6.45) is 7.34. The van der Waals surface area contributed by atoms with Crippen LogP contribution in [0.15, 0.2) is 24.5 Å². The molecule has 0 aromatic carbocycles. The maximum absolute atomic E-state index is 11.0. The van der Waals surface area contributed by atoms with Crippen molar-refractivity contribution in [3.05, 3.63) is 30.1 Å². The van der Waals surface area contributed by atoms with Gasteiger partial charge in [0, 0.05) is 12.4 Å². The molecule has 0 radical (unpaired) electrons. The van der Waals surface area contributed by atoms with E-state index in [0.717, 1.165) is 31.2 Å². The van der Waals surface area contributed by atoms with Gasteiger partial charge >= 0.3 is 5.97 Å². The van der Waals surface area contributed by atoms with E-state index in [9.17, 15) is 4.79 Å². The van der Waals surface area contributed by atoms with Crippen molar-refractivity contribution < 1.29 is 9.90 Å². The first-order chi connectivity index (χ1) is 7.27. The summed E-state index contributed by atoms with van der Waals surface area (Å²) in [4.78, 5) is 15.0. The molecule has 0 saturated heterocycles. The number of carbonyl (C=O) groups is 1. The Morgan fingerprint density at radius 1 is 1.53 bits per heavy atom. The molecule has 2 rings (SSSR count). The third-order valence-corrected chi connectivity index (χ3v) is 3.20. The van der Waals surface area contributed by atoms with E-state index < -0.39 is 5.97 Å². The van der Waals surface area contributed by atoms with Crippen LogP contribution in [0.3, 0.4) is 0 Å². The van der Waals surface area contributed by atoms with Crippen molar-refractivity contribution >= 4 is 5.97 Å². The van der Waals surface area contributed by atoms with Crippen LogP contribution in [0.4, 0.5) is 0 Å². The molecule has 0 spiro atoms. The molecule has 2 atom stereocenters. The van der Waals surface area contributed by atoms with E-state index in [-0.39, 0.29) is 5.92 Å². The van der Waals surface area contributed by atoms with Crippen LogP contribution in [0.1, 0.15) is 24.8 Å². The predicted molar refractivity (Wildman–Crippen MR) is 56.4 cm³/mol. The van der Waals surface area contributed by atoms with Crippen LogP contribution in [-0.4, -0.2) is 16.1 Å². The Bertz CT molecular complexity index is 337. The first-order valence-electron chi connectivity index (χ1n) is 5.39. The summed E-state index contributed by atoms with van der Waals surface area (Å²) in [5.41, 5.74) is 1.15. The van der Waals surface area contributed by atoms with Crippen LogP contribution >= 0.6 is 0 Å². The van der Waals surface area contributed by atoms with E-state index in [1.165, 1.54) is 0 Å². The fraction of sp³-hybridized carbons (Fsp3) is 0.500. The zero-order chi connectivity index (χ0) is 10.7. The van der Waals surface area contributed by atoms with Gasteiger partial charge in [0.1, 0.15) is 0 Å². The Labute approximate surface area is 89.2 Å². The van der Waals surface area contributed by atoms with Crippen molar-refractivity contribution in [2.24, 2.45) is 11.8 Å². The molecule has 1 aromatic rings. The molecule has 0 aliphatic heterocycles. The van der Waals surface area contributed by atoms with Gasteiger partial charge in [0.15, 0.2) is 0 Å². The second kappa shape index (κ2) is 4.43. The Morgan fingerprint density at radius 2 is 2.40 bits per heavy atom. The van der Waals surface area contributed by atoms with Crippen molar-refractivity contribution in [2.45, 2.75) is 25.7 Å². The minimum atomic E-state index is -0.638. The maximum atomic E-state index is 11.0. The van der Waals surface area contributed by atoms with Crippen LogP contribution < -0.4 is 0 Å². The summed E-state index contributed by atoms with van der Waals surface area (Å²) < 4.78 is 0. The quantitative estimate of drug-likeness (QED) is 0.822. The average molecular weight is 205 g/mol. The molecule has 1 N–H and O–H groups in total. The monoisotopic (exact) mass is 205 g/mol. The maximum Gasteiger partial charge on any atom is 0.306 e. The molecule has 1 heterocycles. The first kappa shape index (κ1) is 10.1. The number of nitrogens with zero attached hydrogens (tertiary/aromatic N) is 1. The number of carboxylic acids is 1. The highest BCUT2D eigenvalue weighted by Crippen LogP contribution is 2.34. The highest BCUT2D eigenvalue weighted by Gasteiger charge is 2.32. The molecule has 3 heteroatoms. The van der Waals surface area contributed by atoms with Gasteiger partial charge in [-0.1, -0.05) is 12.5 Å². The Balaban J connectivity index is 2.03. The summed E-state index contributed by atoms with van der Waals surface area (Å²) >= 11 is 0. The van der Waals surface area contributed by atoms with Crippen LogP contribution in [0, 0.1) is 11.8 Å². The van der Waals surface area contributed by atoms with Crippen LogP contribution in [-0.2, 0) is 11.2 Å². The topological polar surface area (TPSA) is 50.2 Å². The lowest BCUT2D eigenvalue weighted by Gasteiger charge is -2.15. The number of carboxylic acid groups (broad SMARTS) is 1. The number of rotatable bonds is 3. The van der Waals surface area contributed by atoms with Crippen molar-refractivity contribution in [1.29, 1.82) is 0 Å². The van der Waals surface area contributed by atoms with Gasteiger partial charge < -0.3 is 5.11 Å². The number of hydrogen-bond acceptors (Lipinski definition) is 2. The number of pyridine rings is 1. The molecule has 1 aromatic heterocycles. The molecule has 80 valence electrons. The minimum absolute atomic E-state index is 0.148. The standard InChI is InChI=1S/C12H15NO2/c14-12(15)11-5-1-4-10(11)7-9-3-2-6-13-8-9/h2-3,6,8,10-11H,1,4-5,7H2,(H,14,15). The highest BCUT2D eigenvalue weighted by molar-refractivity contribution is 5.70. The highest BCUT2D eigenvalue weighted by atomic mass is 16.4. The zero-order valence-electron chi connectivity index (χ0n) is 8.60. The summed E-state index contributed by atoms with van der Waals surface area (Å²) in [6, 6.07) is 3.92. The van der Waals surface area contributed by atoms with Crippen LogP contribution in [0.5, 0.6) is 0 Å². The van der Waals surface area contributed by atoms with Crippen LogP contribution in [0.2, 0.25) is 0 Å². The van der Waals surface area contributed by atoms with E-state index in [1.54, 1.807) is 6.20 Å². The fourth-order valence-corrected chi connectivity index (χ4v) is 2.43. The molecular formula is C12H15NO2. The predicted octanol–water partition coefficient (Wildman–Crippen LogP) is 2.12. The molecule has 15 heavy (non-hydrogen) atoms. The molecule has 1 aliphatic carbocycles. The lowest BCUT2D eigenvalue weighted by Crippen LogP contribution is -2.19. The Kier molecular flexibility index (Phi) is 2.99. The van der Waals surface area contributed by atoms with E-state index in [0.29, 0.717) is 5.92 Å². The third-order valence-electron chi connectivity index (χ3n) is 3.20. The van der Waals surface area contributed by atoms with Gasteiger partial charge in [0.2, 0.25) is 0 Å². The normalized spacial score (nSPS) is 25.3. The largest absolute Gasteiger partial charge is 0.481 e. The van der Waals surface area contributed by atoms with Gasteiger partial charge in [0.25, 0.3) is 0 Å². The summed E-state index contributed by atoms with van der Waals surface area (Å²) in [5.74, 6) is -0.488. The van der Waals surface area contributed by atoms with E-state index in [1.807, 2.05) is 18.3 Å². The number of aromatic nitrogens is 1. The van der Waals surface area contributed by atoms with Crippen molar-refractivity contribution in [3.8, 4) is 0 Å². The van der Waals surface area contributed by atoms with Crippen molar-refractivity contribution in [2.75, 3.05) is 0 Å². The fourth-order valence-electron chi connectivity index (χ4n) is 2.43. The van der Waals surface area contributed by atoms with Crippen molar-refractivity contribution in [1.82, 2.24) is 4.98 Å². The molecular weight excluding hydrogens is 190 g/mol. The van der Waals surface area contributed by atoms with Gasteiger partial charge in [-0.25, -0.2) is 0 Å². The molecule has 1 fully saturated rings. The summed E-state index contributed by atoms with van der Waals surface area (Å²) in [7, 11) is 0. The Hall–Kier alpha value is -1.38. The second-order valence-corrected chi connectivity index (χ2v) is 4.20.